The van der Waals surface area contributed by atoms with Gasteiger partial charge in [-0.1, -0.05) is 6.07 Å². The molecule has 0 saturated heterocycles. The quantitative estimate of drug-likeness (QED) is 0.647. The molecule has 9 heteroatoms. The van der Waals surface area contributed by atoms with Gasteiger partial charge in [0.1, 0.15) is 5.82 Å². The third-order valence-electron chi connectivity index (χ3n) is 3.77. The second-order valence-corrected chi connectivity index (χ2v) is 5.27. The van der Waals surface area contributed by atoms with Crippen LogP contribution in [0.5, 0.6) is 11.5 Å². The summed E-state index contributed by atoms with van der Waals surface area (Å²) >= 11 is 0. The number of amides is 2. The van der Waals surface area contributed by atoms with E-state index >= 15 is 0 Å². The van der Waals surface area contributed by atoms with Crippen molar-refractivity contribution in [2.45, 2.75) is 13.0 Å². The number of aromatic nitrogens is 2. The van der Waals surface area contributed by atoms with Gasteiger partial charge in [-0.2, -0.15) is 0 Å². The summed E-state index contributed by atoms with van der Waals surface area (Å²) in [4.78, 5) is 38.1. The van der Waals surface area contributed by atoms with Crippen LogP contribution in [-0.4, -0.2) is 27.3 Å². The van der Waals surface area contributed by atoms with Crippen molar-refractivity contribution in [3.8, 4) is 11.5 Å². The van der Waals surface area contributed by atoms with Crippen molar-refractivity contribution >= 4 is 11.8 Å². The molecule has 4 N–H and O–H groups in total. The molecule has 1 atom stereocenters. The van der Waals surface area contributed by atoms with E-state index in [4.69, 9.17) is 4.74 Å². The number of carbonyl (C=O) groups is 1. The molecule has 1 unspecified atom stereocenters. The molecule has 24 heavy (non-hydrogen) atoms. The summed E-state index contributed by atoms with van der Waals surface area (Å²) in [5.41, 5.74) is -0.488. The van der Waals surface area contributed by atoms with Crippen molar-refractivity contribution in [1.29, 1.82) is 0 Å². The molecule has 126 valence electrons. The molecule has 2 heterocycles. The van der Waals surface area contributed by atoms with E-state index in [2.05, 4.69) is 15.6 Å². The van der Waals surface area contributed by atoms with E-state index in [1.54, 1.807) is 19.1 Å². The van der Waals surface area contributed by atoms with Crippen molar-refractivity contribution in [2.75, 3.05) is 11.9 Å². The average Bonchev–Trinajstić information content (AvgIpc) is 2.54. The molecule has 0 aliphatic carbocycles. The van der Waals surface area contributed by atoms with Gasteiger partial charge in [-0.25, -0.2) is 9.59 Å². The molecule has 1 aromatic carbocycles. The van der Waals surface area contributed by atoms with Gasteiger partial charge < -0.3 is 15.2 Å². The van der Waals surface area contributed by atoms with Gasteiger partial charge in [0.25, 0.3) is 5.56 Å². The Morgan fingerprint density at radius 1 is 1.29 bits per heavy atom. The summed E-state index contributed by atoms with van der Waals surface area (Å²) in [5, 5.41) is 14.9. The van der Waals surface area contributed by atoms with Crippen LogP contribution in [-0.2, 0) is 7.05 Å². The van der Waals surface area contributed by atoms with Crippen LogP contribution in [0.4, 0.5) is 10.6 Å². The Labute approximate surface area is 135 Å². The normalized spacial score (nSPS) is 16.1. The zero-order valence-corrected chi connectivity index (χ0v) is 13.0. The number of aromatic hydroxyl groups is 1. The van der Waals surface area contributed by atoms with Crippen LogP contribution in [0.15, 0.2) is 27.8 Å². The highest BCUT2D eigenvalue weighted by Gasteiger charge is 2.31. The molecular formula is C15H16N4O5. The van der Waals surface area contributed by atoms with Gasteiger partial charge in [0.15, 0.2) is 11.5 Å². The van der Waals surface area contributed by atoms with E-state index in [1.165, 1.54) is 13.1 Å². The fourth-order valence-electron chi connectivity index (χ4n) is 2.64. The minimum atomic E-state index is -0.788. The molecule has 9 nitrogen and oxygen atoms in total. The molecule has 0 radical (unpaired) electrons. The first-order valence-electron chi connectivity index (χ1n) is 7.28. The van der Waals surface area contributed by atoms with Crippen LogP contribution >= 0.6 is 0 Å². The fourth-order valence-corrected chi connectivity index (χ4v) is 2.64. The van der Waals surface area contributed by atoms with E-state index in [1.807, 2.05) is 0 Å². The summed E-state index contributed by atoms with van der Waals surface area (Å²) in [7, 11) is 1.45. The summed E-state index contributed by atoms with van der Waals surface area (Å²) in [6, 6.07) is 3.21. The van der Waals surface area contributed by atoms with E-state index in [0.717, 1.165) is 4.57 Å². The maximum absolute atomic E-state index is 12.3. The first-order valence-corrected chi connectivity index (χ1v) is 7.28. The number of fused-ring (bicyclic) bond motifs is 1. The highest BCUT2D eigenvalue weighted by Crippen LogP contribution is 2.33. The number of H-pyrrole nitrogens is 1. The third kappa shape index (κ3) is 2.49. The Bertz CT molecular complexity index is 930. The monoisotopic (exact) mass is 332 g/mol. The van der Waals surface area contributed by atoms with Crippen molar-refractivity contribution in [2.24, 2.45) is 7.05 Å². The lowest BCUT2D eigenvalue weighted by Gasteiger charge is -2.28. The number of ether oxygens (including phenoxy) is 1. The van der Waals surface area contributed by atoms with E-state index < -0.39 is 23.3 Å². The van der Waals surface area contributed by atoms with Crippen molar-refractivity contribution in [1.82, 2.24) is 14.9 Å². The average molecular weight is 332 g/mol. The van der Waals surface area contributed by atoms with Gasteiger partial charge >= 0.3 is 11.7 Å². The summed E-state index contributed by atoms with van der Waals surface area (Å²) in [6.45, 7) is 2.12. The molecule has 1 aromatic heterocycles. The molecule has 0 spiro atoms. The minimum Gasteiger partial charge on any atom is -0.504 e. The summed E-state index contributed by atoms with van der Waals surface area (Å²) in [6.07, 6.45) is 0. The van der Waals surface area contributed by atoms with Gasteiger partial charge in [0.05, 0.1) is 18.2 Å². The highest BCUT2D eigenvalue weighted by molar-refractivity contribution is 5.92. The molecule has 2 aromatic rings. The van der Waals surface area contributed by atoms with Crippen molar-refractivity contribution in [3.63, 3.8) is 0 Å². The van der Waals surface area contributed by atoms with E-state index in [0.29, 0.717) is 12.2 Å². The van der Waals surface area contributed by atoms with Crippen LogP contribution in [0, 0.1) is 0 Å². The molecule has 3 rings (SSSR count). The second-order valence-electron chi connectivity index (χ2n) is 5.27. The number of anilines is 1. The first-order chi connectivity index (χ1) is 11.4. The Kier molecular flexibility index (Phi) is 3.76. The lowest BCUT2D eigenvalue weighted by Crippen LogP contribution is -2.46. The zero-order chi connectivity index (χ0) is 17.4. The smallest absolute Gasteiger partial charge is 0.329 e. The fraction of sp³-hybridized carbons (Fsp3) is 0.267. The van der Waals surface area contributed by atoms with Gasteiger partial charge in [-0.05, 0) is 24.6 Å². The third-order valence-corrected chi connectivity index (χ3v) is 3.77. The summed E-state index contributed by atoms with van der Waals surface area (Å²) < 4.78 is 6.50. The van der Waals surface area contributed by atoms with E-state index in [-0.39, 0.29) is 22.9 Å². The number of carbonyl (C=O) groups excluding carboxylic acids is 1. The molecule has 0 bridgehead atoms. The number of hydrogen-bond acceptors (Lipinski definition) is 5. The Morgan fingerprint density at radius 2 is 2.04 bits per heavy atom. The molecule has 1 aliphatic rings. The first kappa shape index (κ1) is 15.7. The SMILES string of the molecule is CCOc1cc(C2NC(=O)Nc3c2c(=O)[nH]c(=O)n3C)ccc1O. The molecule has 1 aliphatic heterocycles. The molecule has 2 amide bonds. The number of urea groups is 1. The number of nitrogens with one attached hydrogen (secondary N) is 3. The van der Waals surface area contributed by atoms with Crippen LogP contribution in [0.1, 0.15) is 24.1 Å². The largest absolute Gasteiger partial charge is 0.504 e. The highest BCUT2D eigenvalue weighted by atomic mass is 16.5. The van der Waals surface area contributed by atoms with Crippen molar-refractivity contribution in [3.05, 3.63) is 50.2 Å². The number of phenols is 1. The van der Waals surface area contributed by atoms with Gasteiger partial charge in [-0.3, -0.25) is 19.7 Å². The maximum Gasteiger partial charge on any atom is 0.329 e. The van der Waals surface area contributed by atoms with Crippen LogP contribution in [0.2, 0.25) is 0 Å². The molecule has 0 fully saturated rings. The lowest BCUT2D eigenvalue weighted by atomic mass is 9.98. The Morgan fingerprint density at radius 3 is 2.75 bits per heavy atom. The van der Waals surface area contributed by atoms with Gasteiger partial charge in [0, 0.05) is 7.05 Å². The van der Waals surface area contributed by atoms with E-state index in [9.17, 15) is 19.5 Å². The topological polar surface area (TPSA) is 125 Å². The molecule has 0 saturated carbocycles. The Hall–Kier alpha value is -3.23. The van der Waals surface area contributed by atoms with Crippen LogP contribution in [0.25, 0.3) is 0 Å². The number of benzene rings is 1. The number of nitrogens with zero attached hydrogens (tertiary/aromatic N) is 1. The maximum atomic E-state index is 12.3. The van der Waals surface area contributed by atoms with Gasteiger partial charge in [-0.15, -0.1) is 0 Å². The second kappa shape index (κ2) is 5.76. The number of aromatic amines is 1. The predicted octanol–water partition coefficient (Wildman–Crippen LogP) is 0.402. The summed E-state index contributed by atoms with van der Waals surface area (Å²) in [5.74, 6) is 0.324. The predicted molar refractivity (Wildman–Crippen MR) is 85.6 cm³/mol. The lowest BCUT2D eigenvalue weighted by molar-refractivity contribution is 0.248. The van der Waals surface area contributed by atoms with Crippen LogP contribution < -0.4 is 26.6 Å². The zero-order valence-electron chi connectivity index (χ0n) is 13.0. The van der Waals surface area contributed by atoms with Gasteiger partial charge in [0.2, 0.25) is 0 Å². The number of phenolic OH excluding ortho intramolecular Hbond substituents is 1. The number of rotatable bonds is 3. The number of hydrogen-bond donors (Lipinski definition) is 4. The Balaban J connectivity index is 2.20. The van der Waals surface area contributed by atoms with Crippen molar-refractivity contribution < 1.29 is 14.6 Å². The van der Waals surface area contributed by atoms with Crippen LogP contribution in [0.3, 0.4) is 0 Å². The minimum absolute atomic E-state index is 0.0459. The standard InChI is InChI=1S/C15H16N4O5/c1-3-24-9-6-7(4-5-8(9)20)11-10-12(17-14(22)16-11)19(2)15(23)18-13(10)21/h4-6,11,20H,3H2,1-2H3,(H2,16,17,22)(H,18,21,23). The molecular weight excluding hydrogens is 316 g/mol.